The third-order valence-corrected chi connectivity index (χ3v) is 1.96. The number of alkyl halides is 3. The molecule has 0 aromatic carbocycles. The van der Waals surface area contributed by atoms with Gasteiger partial charge in [-0.05, 0) is 0 Å². The van der Waals surface area contributed by atoms with E-state index in [0.29, 0.717) is 0 Å². The van der Waals surface area contributed by atoms with E-state index in [2.05, 4.69) is 4.98 Å². The van der Waals surface area contributed by atoms with Crippen LogP contribution in [0.15, 0.2) is 11.1 Å². The number of hydrogen-bond donors (Lipinski definition) is 1. The summed E-state index contributed by atoms with van der Waals surface area (Å²) >= 11 is 5.40. The fraction of sp³-hybridized carbons (Fsp3) is 0.429. The lowest BCUT2D eigenvalue weighted by Gasteiger charge is -2.08. The minimum absolute atomic E-state index is 0.205. The van der Waals surface area contributed by atoms with E-state index < -0.39 is 24.7 Å². The fourth-order valence-electron chi connectivity index (χ4n) is 0.892. The summed E-state index contributed by atoms with van der Waals surface area (Å²) in [6.07, 6.45) is -4.50. The van der Waals surface area contributed by atoms with E-state index in [4.69, 9.17) is 17.3 Å². The number of nitrogens with two attached hydrogens (primary N) is 1. The summed E-state index contributed by atoms with van der Waals surface area (Å²) in [4.78, 5) is 14.7. The molecule has 0 atom stereocenters. The average Bonchev–Trinajstić information content (AvgIpc) is 2.12. The number of rotatable bonds is 2. The van der Waals surface area contributed by atoms with Gasteiger partial charge in [-0.2, -0.15) is 13.2 Å². The molecule has 0 spiro atoms. The predicted octanol–water partition coefficient (Wildman–Crippen LogP) is 1.43. The molecule has 0 aliphatic rings. The zero-order chi connectivity index (χ0) is 11.6. The number of aryl methyl sites for hydroxylation is 1. The van der Waals surface area contributed by atoms with Crippen molar-refractivity contribution in [3.05, 3.63) is 21.8 Å². The van der Waals surface area contributed by atoms with Crippen LogP contribution in [0.3, 0.4) is 0 Å². The number of nitrogens with zero attached hydrogens (tertiary/aromatic N) is 2. The van der Waals surface area contributed by atoms with Gasteiger partial charge in [0.25, 0.3) is 5.56 Å². The smallest absolute Gasteiger partial charge is 0.390 e. The van der Waals surface area contributed by atoms with Crippen molar-refractivity contribution in [3.8, 4) is 0 Å². The molecule has 1 aromatic rings. The van der Waals surface area contributed by atoms with Crippen LogP contribution >= 0.6 is 11.6 Å². The van der Waals surface area contributed by atoms with Gasteiger partial charge in [0.05, 0.1) is 12.7 Å². The summed E-state index contributed by atoms with van der Waals surface area (Å²) < 4.78 is 36.4. The summed E-state index contributed by atoms with van der Waals surface area (Å²) in [5, 5.41) is -0.205. The fourth-order valence-corrected chi connectivity index (χ4v) is 1.02. The minimum atomic E-state index is -4.33. The van der Waals surface area contributed by atoms with Gasteiger partial charge < -0.3 is 5.73 Å². The summed E-state index contributed by atoms with van der Waals surface area (Å²) in [6, 6.07) is 0. The van der Waals surface area contributed by atoms with Gasteiger partial charge in [0, 0.05) is 6.54 Å². The highest BCUT2D eigenvalue weighted by Gasteiger charge is 2.27. The van der Waals surface area contributed by atoms with Crippen LogP contribution in [0.2, 0.25) is 5.15 Å². The lowest BCUT2D eigenvalue weighted by molar-refractivity contribution is -0.136. The third kappa shape index (κ3) is 3.12. The molecule has 0 fully saturated rings. The average molecular weight is 242 g/mol. The Hall–Kier alpha value is -1.24. The molecule has 0 unspecified atom stereocenters. The van der Waals surface area contributed by atoms with Crippen LogP contribution in [-0.4, -0.2) is 15.7 Å². The second kappa shape index (κ2) is 4.09. The second-order valence-corrected chi connectivity index (χ2v) is 3.17. The van der Waals surface area contributed by atoms with Crippen LogP contribution in [0, 0.1) is 0 Å². The van der Waals surface area contributed by atoms with Crippen LogP contribution in [0.1, 0.15) is 6.42 Å². The van der Waals surface area contributed by atoms with Crippen LogP contribution in [0.5, 0.6) is 0 Å². The van der Waals surface area contributed by atoms with Crippen molar-refractivity contribution < 1.29 is 13.2 Å². The van der Waals surface area contributed by atoms with Crippen molar-refractivity contribution in [1.82, 2.24) is 9.55 Å². The molecule has 2 N–H and O–H groups in total. The van der Waals surface area contributed by atoms with Gasteiger partial charge in [-0.25, -0.2) is 4.98 Å². The summed E-state index contributed by atoms with van der Waals surface area (Å²) in [5.41, 5.74) is 4.10. The topological polar surface area (TPSA) is 60.9 Å². The first-order valence-corrected chi connectivity index (χ1v) is 4.26. The van der Waals surface area contributed by atoms with E-state index in [9.17, 15) is 18.0 Å². The number of hydrogen-bond acceptors (Lipinski definition) is 3. The predicted molar refractivity (Wildman–Crippen MR) is 48.6 cm³/mol. The van der Waals surface area contributed by atoms with Crippen LogP contribution in [0.4, 0.5) is 18.9 Å². The highest BCUT2D eigenvalue weighted by molar-refractivity contribution is 6.31. The maximum atomic E-state index is 11.9. The molecule has 8 heteroatoms. The van der Waals surface area contributed by atoms with E-state index in [1.54, 1.807) is 0 Å². The Bertz CT molecular complexity index is 415. The molecule has 1 heterocycles. The molecule has 0 aliphatic heterocycles. The molecule has 0 bridgehead atoms. The molecule has 4 nitrogen and oxygen atoms in total. The van der Waals surface area contributed by atoms with Crippen molar-refractivity contribution in [2.75, 3.05) is 5.73 Å². The molecule has 1 aromatic heterocycles. The molecular weight excluding hydrogens is 235 g/mol. The molecule has 0 amide bonds. The van der Waals surface area contributed by atoms with Crippen molar-refractivity contribution in [1.29, 1.82) is 0 Å². The Morgan fingerprint density at radius 3 is 2.67 bits per heavy atom. The van der Waals surface area contributed by atoms with Gasteiger partial charge >= 0.3 is 6.18 Å². The Morgan fingerprint density at radius 2 is 2.13 bits per heavy atom. The lowest BCUT2D eigenvalue weighted by Crippen LogP contribution is -2.26. The van der Waals surface area contributed by atoms with Gasteiger partial charge in [0.15, 0.2) is 5.15 Å². The normalized spacial score (nSPS) is 11.7. The summed E-state index contributed by atoms with van der Waals surface area (Å²) in [6.45, 7) is -0.517. The lowest BCUT2D eigenvalue weighted by atomic mass is 10.4. The SMILES string of the molecule is Nc1c(Cl)ncn(CCC(F)(F)F)c1=O. The highest BCUT2D eigenvalue weighted by Crippen LogP contribution is 2.20. The maximum absolute atomic E-state index is 11.9. The molecule has 0 aliphatic carbocycles. The molecule has 0 radical (unpaired) electrons. The van der Waals surface area contributed by atoms with Gasteiger partial charge in [0.1, 0.15) is 5.69 Å². The first-order valence-electron chi connectivity index (χ1n) is 3.88. The van der Waals surface area contributed by atoms with Crippen molar-refractivity contribution in [2.24, 2.45) is 0 Å². The van der Waals surface area contributed by atoms with Crippen molar-refractivity contribution >= 4 is 17.3 Å². The Balaban J connectivity index is 2.89. The van der Waals surface area contributed by atoms with Gasteiger partial charge in [0.2, 0.25) is 0 Å². The second-order valence-electron chi connectivity index (χ2n) is 2.81. The number of anilines is 1. The molecule has 1 rings (SSSR count). The monoisotopic (exact) mass is 241 g/mol. The van der Waals surface area contributed by atoms with E-state index in [-0.39, 0.29) is 10.8 Å². The highest BCUT2D eigenvalue weighted by atomic mass is 35.5. The molecule has 84 valence electrons. The zero-order valence-electron chi connectivity index (χ0n) is 7.38. The van der Waals surface area contributed by atoms with Gasteiger partial charge in [-0.1, -0.05) is 11.6 Å². The third-order valence-electron chi connectivity index (χ3n) is 1.66. The molecular formula is C7H7ClF3N3O. The van der Waals surface area contributed by atoms with Crippen LogP contribution < -0.4 is 11.3 Å². The van der Waals surface area contributed by atoms with E-state index in [1.165, 1.54) is 0 Å². The zero-order valence-corrected chi connectivity index (χ0v) is 8.14. The minimum Gasteiger partial charge on any atom is -0.392 e. The molecule has 0 saturated carbocycles. The first kappa shape index (κ1) is 11.8. The Labute approximate surface area is 87.5 Å². The van der Waals surface area contributed by atoms with Crippen LogP contribution in [-0.2, 0) is 6.54 Å². The van der Waals surface area contributed by atoms with E-state index in [1.807, 2.05) is 0 Å². The van der Waals surface area contributed by atoms with E-state index >= 15 is 0 Å². The number of aromatic nitrogens is 2. The summed E-state index contributed by atoms with van der Waals surface area (Å²) in [5.74, 6) is 0. The largest absolute Gasteiger partial charge is 0.392 e. The quantitative estimate of drug-likeness (QED) is 0.797. The Kier molecular flexibility index (Phi) is 3.23. The summed E-state index contributed by atoms with van der Waals surface area (Å²) in [7, 11) is 0. The first-order chi connectivity index (χ1) is 6.81. The van der Waals surface area contributed by atoms with Gasteiger partial charge in [-0.15, -0.1) is 0 Å². The number of halogens is 4. The van der Waals surface area contributed by atoms with Crippen LogP contribution in [0.25, 0.3) is 0 Å². The number of nitrogen functional groups attached to an aromatic ring is 1. The molecule has 15 heavy (non-hydrogen) atoms. The van der Waals surface area contributed by atoms with Gasteiger partial charge in [-0.3, -0.25) is 9.36 Å². The van der Waals surface area contributed by atoms with Crippen molar-refractivity contribution in [3.63, 3.8) is 0 Å². The van der Waals surface area contributed by atoms with Crippen molar-refractivity contribution in [2.45, 2.75) is 19.1 Å². The molecule has 0 saturated heterocycles. The Morgan fingerprint density at radius 1 is 1.53 bits per heavy atom. The maximum Gasteiger partial charge on any atom is 0.390 e. The standard InChI is InChI=1S/C7H7ClF3N3O/c8-5-4(12)6(15)14(3-13-5)2-1-7(9,10)11/h3H,1-2,12H2. The van der Waals surface area contributed by atoms with E-state index in [0.717, 1.165) is 10.9 Å².